The lowest BCUT2D eigenvalue weighted by atomic mass is 10.1. The van der Waals surface area contributed by atoms with Gasteiger partial charge in [0.25, 0.3) is 0 Å². The van der Waals surface area contributed by atoms with E-state index in [-0.39, 0.29) is 11.6 Å². The van der Waals surface area contributed by atoms with Crippen LogP contribution in [0.1, 0.15) is 20.8 Å². The van der Waals surface area contributed by atoms with Gasteiger partial charge >= 0.3 is 0 Å². The molecule has 0 atom stereocenters. The van der Waals surface area contributed by atoms with Crippen molar-refractivity contribution in [2.75, 3.05) is 11.6 Å². The van der Waals surface area contributed by atoms with Crippen LogP contribution in [0.5, 0.6) is 0 Å². The SMILES string of the molecule is CC(C)(C)NS(=O)(=O)CCCl. The van der Waals surface area contributed by atoms with Gasteiger partial charge in [-0.05, 0) is 20.8 Å². The minimum Gasteiger partial charge on any atom is -0.212 e. The van der Waals surface area contributed by atoms with Crippen molar-refractivity contribution in [3.63, 3.8) is 0 Å². The molecule has 0 radical (unpaired) electrons. The third-order valence-electron chi connectivity index (χ3n) is 0.808. The molecule has 68 valence electrons. The molecule has 5 heteroatoms. The van der Waals surface area contributed by atoms with Crippen LogP contribution in [-0.2, 0) is 10.0 Å². The molecule has 0 aliphatic rings. The molecule has 3 nitrogen and oxygen atoms in total. The average Bonchev–Trinajstić information content (AvgIpc) is 1.55. The normalized spacial score (nSPS) is 13.5. The van der Waals surface area contributed by atoms with Gasteiger partial charge in [-0.25, -0.2) is 13.1 Å². The summed E-state index contributed by atoms with van der Waals surface area (Å²) >= 11 is 5.30. The van der Waals surface area contributed by atoms with Crippen LogP contribution in [0, 0.1) is 0 Å². The molecule has 0 aliphatic heterocycles. The molecule has 0 unspecified atom stereocenters. The Balaban J connectivity index is 4.15. The molecule has 0 aromatic rings. The van der Waals surface area contributed by atoms with Crippen LogP contribution in [0.15, 0.2) is 0 Å². The van der Waals surface area contributed by atoms with Gasteiger partial charge in [-0.1, -0.05) is 0 Å². The van der Waals surface area contributed by atoms with Crippen LogP contribution in [0.25, 0.3) is 0 Å². The molecule has 0 spiro atoms. The van der Waals surface area contributed by atoms with Crippen LogP contribution >= 0.6 is 11.6 Å². The van der Waals surface area contributed by atoms with E-state index >= 15 is 0 Å². The maximum atomic E-state index is 11.1. The zero-order chi connectivity index (χ0) is 9.12. The Morgan fingerprint density at radius 3 is 2.09 bits per heavy atom. The van der Waals surface area contributed by atoms with Crippen molar-refractivity contribution in [1.82, 2.24) is 4.72 Å². The largest absolute Gasteiger partial charge is 0.213 e. The van der Waals surface area contributed by atoms with E-state index in [1.165, 1.54) is 0 Å². The van der Waals surface area contributed by atoms with Crippen molar-refractivity contribution >= 4 is 21.6 Å². The molecule has 0 saturated carbocycles. The van der Waals surface area contributed by atoms with E-state index in [1.54, 1.807) is 20.8 Å². The highest BCUT2D eigenvalue weighted by Gasteiger charge is 2.18. The standard InChI is InChI=1S/C6H14ClNO2S/c1-6(2,3)8-11(9,10)5-4-7/h8H,4-5H2,1-3H3. The monoisotopic (exact) mass is 199 g/mol. The molecular weight excluding hydrogens is 186 g/mol. The van der Waals surface area contributed by atoms with E-state index in [4.69, 9.17) is 11.6 Å². The zero-order valence-corrected chi connectivity index (χ0v) is 8.59. The van der Waals surface area contributed by atoms with Crippen LogP contribution in [0.4, 0.5) is 0 Å². The molecule has 0 saturated heterocycles. The first-order chi connectivity index (χ1) is 4.77. The minimum atomic E-state index is -3.17. The fourth-order valence-corrected chi connectivity index (χ4v) is 2.47. The molecule has 0 aromatic heterocycles. The Hall–Kier alpha value is 0.200. The smallest absolute Gasteiger partial charge is 0.212 e. The third-order valence-corrected chi connectivity index (χ3v) is 2.89. The lowest BCUT2D eigenvalue weighted by Gasteiger charge is -2.19. The Bertz CT molecular complexity index is 205. The maximum Gasteiger partial charge on any atom is 0.213 e. The van der Waals surface area contributed by atoms with Crippen LogP contribution in [0.2, 0.25) is 0 Å². The second kappa shape index (κ2) is 3.74. The lowest BCUT2D eigenvalue weighted by molar-refractivity contribution is 0.492. The molecule has 0 aromatic carbocycles. The van der Waals surface area contributed by atoms with Crippen molar-refractivity contribution < 1.29 is 8.42 Å². The van der Waals surface area contributed by atoms with E-state index in [0.717, 1.165) is 0 Å². The molecule has 0 heterocycles. The highest BCUT2D eigenvalue weighted by Crippen LogP contribution is 2.02. The van der Waals surface area contributed by atoms with Crippen molar-refractivity contribution in [1.29, 1.82) is 0 Å². The number of sulfonamides is 1. The summed E-state index contributed by atoms with van der Waals surface area (Å²) in [6.45, 7) is 5.37. The van der Waals surface area contributed by atoms with Gasteiger partial charge in [-0.15, -0.1) is 11.6 Å². The fraction of sp³-hybridized carbons (Fsp3) is 1.00. The summed E-state index contributed by atoms with van der Waals surface area (Å²) in [6.07, 6.45) is 0. The Morgan fingerprint density at radius 1 is 1.36 bits per heavy atom. The number of nitrogens with one attached hydrogen (secondary N) is 1. The highest BCUT2D eigenvalue weighted by atomic mass is 35.5. The maximum absolute atomic E-state index is 11.1. The molecule has 11 heavy (non-hydrogen) atoms. The number of halogens is 1. The van der Waals surface area contributed by atoms with Crippen LogP contribution in [-0.4, -0.2) is 25.6 Å². The van der Waals surface area contributed by atoms with Gasteiger partial charge in [0, 0.05) is 11.4 Å². The van der Waals surface area contributed by atoms with E-state index in [9.17, 15) is 8.42 Å². The van der Waals surface area contributed by atoms with Gasteiger partial charge in [0.05, 0.1) is 5.75 Å². The van der Waals surface area contributed by atoms with Crippen LogP contribution in [0.3, 0.4) is 0 Å². The summed E-state index contributed by atoms with van der Waals surface area (Å²) in [5.41, 5.74) is -0.412. The molecule has 0 amide bonds. The van der Waals surface area contributed by atoms with Gasteiger partial charge in [0.2, 0.25) is 10.0 Å². The summed E-state index contributed by atoms with van der Waals surface area (Å²) in [6, 6.07) is 0. The fourth-order valence-electron chi connectivity index (χ4n) is 0.619. The minimum absolute atomic E-state index is 0.0220. The zero-order valence-electron chi connectivity index (χ0n) is 7.02. The number of alkyl halides is 1. The topological polar surface area (TPSA) is 46.2 Å². The van der Waals surface area contributed by atoms with Gasteiger partial charge in [-0.3, -0.25) is 0 Å². The number of hydrogen-bond donors (Lipinski definition) is 1. The van der Waals surface area contributed by atoms with Gasteiger partial charge in [0.15, 0.2) is 0 Å². The van der Waals surface area contributed by atoms with E-state index in [2.05, 4.69) is 4.72 Å². The predicted octanol–water partition coefficient (Wildman–Crippen LogP) is 0.943. The summed E-state index contributed by atoms with van der Waals surface area (Å²) in [5.74, 6) is 0.108. The van der Waals surface area contributed by atoms with Crippen molar-refractivity contribution in [3.8, 4) is 0 Å². The van der Waals surface area contributed by atoms with Crippen LogP contribution < -0.4 is 4.72 Å². The molecule has 0 fully saturated rings. The first-order valence-electron chi connectivity index (χ1n) is 3.34. The second-order valence-electron chi connectivity index (χ2n) is 3.36. The average molecular weight is 200 g/mol. The Morgan fingerprint density at radius 2 is 1.82 bits per heavy atom. The molecule has 0 aliphatic carbocycles. The van der Waals surface area contributed by atoms with Gasteiger partial charge < -0.3 is 0 Å². The Kier molecular flexibility index (Phi) is 3.80. The quantitative estimate of drug-likeness (QED) is 0.688. The second-order valence-corrected chi connectivity index (χ2v) is 5.58. The highest BCUT2D eigenvalue weighted by molar-refractivity contribution is 7.89. The molecule has 1 N–H and O–H groups in total. The lowest BCUT2D eigenvalue weighted by Crippen LogP contribution is -2.42. The van der Waals surface area contributed by atoms with Gasteiger partial charge in [0.1, 0.15) is 0 Å². The van der Waals surface area contributed by atoms with E-state index in [1.807, 2.05) is 0 Å². The van der Waals surface area contributed by atoms with Crippen molar-refractivity contribution in [2.45, 2.75) is 26.3 Å². The first kappa shape index (κ1) is 11.2. The van der Waals surface area contributed by atoms with E-state index in [0.29, 0.717) is 0 Å². The first-order valence-corrected chi connectivity index (χ1v) is 5.53. The molecular formula is C6H14ClNO2S. The predicted molar refractivity (Wildman–Crippen MR) is 47.4 cm³/mol. The number of hydrogen-bond acceptors (Lipinski definition) is 2. The Labute approximate surface area is 73.2 Å². The van der Waals surface area contributed by atoms with E-state index < -0.39 is 15.6 Å². The summed E-state index contributed by atoms with van der Waals surface area (Å²) in [5, 5.41) is 0. The molecule has 0 bridgehead atoms. The van der Waals surface area contributed by atoms with Crippen molar-refractivity contribution in [3.05, 3.63) is 0 Å². The summed E-state index contributed by atoms with van der Waals surface area (Å²) in [7, 11) is -3.17. The summed E-state index contributed by atoms with van der Waals surface area (Å²) < 4.78 is 24.6. The number of rotatable bonds is 3. The van der Waals surface area contributed by atoms with Gasteiger partial charge in [-0.2, -0.15) is 0 Å². The van der Waals surface area contributed by atoms with Crippen molar-refractivity contribution in [2.24, 2.45) is 0 Å². The molecule has 0 rings (SSSR count). The third kappa shape index (κ3) is 6.59. The summed E-state index contributed by atoms with van der Waals surface area (Å²) in [4.78, 5) is 0.